The van der Waals surface area contributed by atoms with Gasteiger partial charge in [-0.1, -0.05) is 78.8 Å². The van der Waals surface area contributed by atoms with E-state index in [1.165, 1.54) is 18.2 Å². The van der Waals surface area contributed by atoms with Gasteiger partial charge in [-0.15, -0.1) is 0 Å². The maximum atomic E-state index is 12.6. The van der Waals surface area contributed by atoms with Crippen molar-refractivity contribution in [2.45, 2.75) is 144 Å². The number of rotatable bonds is 13. The van der Waals surface area contributed by atoms with Gasteiger partial charge in [-0.2, -0.15) is 16.8 Å². The third kappa shape index (κ3) is 12.4. The van der Waals surface area contributed by atoms with Gasteiger partial charge in [0.2, 0.25) is 0 Å². The second-order valence-corrected chi connectivity index (χ2v) is 21.4. The first-order chi connectivity index (χ1) is 32.9. The topological polar surface area (TPSA) is 212 Å². The molecule has 18 heteroatoms. The van der Waals surface area contributed by atoms with E-state index in [2.05, 4.69) is 30.6 Å². The summed E-state index contributed by atoms with van der Waals surface area (Å²) in [6.07, 6.45) is -2.59. The van der Waals surface area contributed by atoms with Gasteiger partial charge < -0.3 is 48.1 Å². The molecule has 16 nitrogen and oxygen atoms in total. The second kappa shape index (κ2) is 21.1. The highest BCUT2D eigenvalue weighted by atomic mass is 32.2. The molecule has 0 bridgehead atoms. The zero-order valence-electron chi connectivity index (χ0n) is 40.3. The van der Waals surface area contributed by atoms with Crippen molar-refractivity contribution in [2.75, 3.05) is 20.3 Å². The fraction of sp³-hybridized carbons (Fsp3) is 0.462. The number of ether oxygens (including phenoxy) is 8. The van der Waals surface area contributed by atoms with E-state index < -0.39 is 86.6 Å². The van der Waals surface area contributed by atoms with Crippen LogP contribution in [0.2, 0.25) is 0 Å². The van der Waals surface area contributed by atoms with Gasteiger partial charge >= 0.3 is 0 Å². The Bertz CT molecular complexity index is 2830. The van der Waals surface area contributed by atoms with E-state index in [0.717, 1.165) is 36.1 Å². The molecule has 4 heterocycles. The molecule has 0 saturated carbocycles. The van der Waals surface area contributed by atoms with Crippen LogP contribution in [0.4, 0.5) is 0 Å². The summed E-state index contributed by atoms with van der Waals surface area (Å²) in [5, 5.41) is 23.3. The Morgan fingerprint density at radius 1 is 0.657 bits per heavy atom. The van der Waals surface area contributed by atoms with Crippen LogP contribution in [0.15, 0.2) is 101 Å². The van der Waals surface area contributed by atoms with Gasteiger partial charge in [0.15, 0.2) is 47.6 Å². The van der Waals surface area contributed by atoms with Crippen molar-refractivity contribution in [3.8, 4) is 35.2 Å². The highest BCUT2D eigenvalue weighted by molar-refractivity contribution is 7.86. The van der Waals surface area contributed by atoms with Crippen LogP contribution in [0.1, 0.15) is 81.7 Å². The predicted octanol–water partition coefficient (Wildman–Crippen LogP) is 6.38. The summed E-state index contributed by atoms with van der Waals surface area (Å²) in [5.74, 6) is 11.1. The Kier molecular flexibility index (Phi) is 15.9. The van der Waals surface area contributed by atoms with Gasteiger partial charge in [-0.05, 0) is 120 Å². The highest BCUT2D eigenvalue weighted by Crippen LogP contribution is 2.45. The average molecular weight is 1010 g/mol. The molecule has 4 aromatic carbocycles. The van der Waals surface area contributed by atoms with Crippen LogP contribution in [0.5, 0.6) is 11.5 Å². The van der Waals surface area contributed by atoms with Crippen molar-refractivity contribution in [2.24, 2.45) is 0 Å². The third-order valence-electron chi connectivity index (χ3n) is 11.9. The molecular weight excluding hydrogens is 945 g/mol. The predicted molar refractivity (Wildman–Crippen MR) is 255 cm³/mol. The molecule has 70 heavy (non-hydrogen) atoms. The van der Waals surface area contributed by atoms with E-state index in [9.17, 15) is 31.6 Å². The molecule has 3 N–H and O–H groups in total. The maximum Gasteiger partial charge on any atom is 0.297 e. The van der Waals surface area contributed by atoms with E-state index in [-0.39, 0.29) is 16.2 Å². The molecule has 2 unspecified atom stereocenters. The molecule has 4 aliphatic heterocycles. The normalized spacial score (nSPS) is 27.2. The standard InChI is InChI=1S/C28H34O8S.C24H26O8S/c1-5-6-7-16-33-22-11-9-20(10-12-22)14-15-28(29)24(34-26-25(28)35-27(3,4)36-26)18-21-17-19(2)8-13-23(21)37(30,31)32;1-16-5-11-19(12-6-16)33(26,27)29-15-20-24(25,21-22(30-20)32-23(2,3)31-21)14-13-17-7-9-18(28-4)10-8-17/h8-13,17,24-26,29H,5-7,16,18H2,1-4H3,(H,30,31,32);5-12,20-22,25H,15H2,1-4H3/t24?,25-,26+,28+;20?,21-,22+,24+/m00/s1. The Labute approximate surface area is 410 Å². The van der Waals surface area contributed by atoms with E-state index in [4.69, 9.17) is 42.1 Å². The van der Waals surface area contributed by atoms with Crippen LogP contribution >= 0.6 is 0 Å². The number of methoxy groups -OCH3 is 1. The third-order valence-corrected chi connectivity index (χ3v) is 14.2. The summed E-state index contributed by atoms with van der Waals surface area (Å²) >= 11 is 0. The molecule has 4 saturated heterocycles. The molecule has 8 rings (SSSR count). The maximum absolute atomic E-state index is 12.6. The first-order valence-electron chi connectivity index (χ1n) is 22.9. The zero-order valence-corrected chi connectivity index (χ0v) is 42.0. The van der Waals surface area contributed by atoms with E-state index in [0.29, 0.717) is 29.0 Å². The molecular formula is C52H60O16S2. The van der Waals surface area contributed by atoms with Crippen molar-refractivity contribution < 1.29 is 73.7 Å². The van der Waals surface area contributed by atoms with Crippen molar-refractivity contribution in [3.63, 3.8) is 0 Å². The smallest absolute Gasteiger partial charge is 0.297 e. The van der Waals surface area contributed by atoms with Gasteiger partial charge in [0.25, 0.3) is 20.2 Å². The lowest BCUT2D eigenvalue weighted by Gasteiger charge is -2.30. The SMILES string of the molecule is CCCCCOc1ccc(C#C[C@@]2(O)C(Cc3cc(C)ccc3S(=O)(=O)O)O[C@@H]3OC(C)(C)O[C@@H]32)cc1.COc1ccc(C#C[C@@]2(O)C(COS(=O)(=O)c3ccc(C)cc3)O[C@@H]3OC(C)(C)O[C@@H]32)cc1. The summed E-state index contributed by atoms with van der Waals surface area (Å²) in [6.45, 7) is 12.8. The lowest BCUT2D eigenvalue weighted by atomic mass is 9.88. The van der Waals surface area contributed by atoms with E-state index in [1.54, 1.807) is 102 Å². The molecule has 4 aliphatic rings. The fourth-order valence-corrected chi connectivity index (χ4v) is 9.89. The monoisotopic (exact) mass is 1000 g/mol. The van der Waals surface area contributed by atoms with Gasteiger partial charge in [0.05, 0.1) is 30.1 Å². The molecule has 4 aromatic rings. The summed E-state index contributed by atoms with van der Waals surface area (Å²) < 4.78 is 110. The minimum absolute atomic E-state index is 0.00720. The average Bonchev–Trinajstić information content (AvgIpc) is 3.95. The van der Waals surface area contributed by atoms with E-state index >= 15 is 0 Å². The van der Waals surface area contributed by atoms with Crippen molar-refractivity contribution in [1.82, 2.24) is 0 Å². The van der Waals surface area contributed by atoms with Crippen molar-refractivity contribution >= 4 is 20.2 Å². The Hall–Kier alpha value is -4.90. The largest absolute Gasteiger partial charge is 0.497 e. The summed E-state index contributed by atoms with van der Waals surface area (Å²) in [4.78, 5) is -0.237. The fourth-order valence-electron chi connectivity index (χ4n) is 8.26. The van der Waals surface area contributed by atoms with Crippen molar-refractivity contribution in [3.05, 3.63) is 119 Å². The van der Waals surface area contributed by atoms with Gasteiger partial charge in [-0.25, -0.2) is 0 Å². The first kappa shape index (κ1) is 52.9. The molecule has 8 atom stereocenters. The van der Waals surface area contributed by atoms with Gasteiger partial charge in [-0.3, -0.25) is 8.74 Å². The number of aliphatic hydroxyl groups is 2. The van der Waals surface area contributed by atoms with Crippen LogP contribution in [0.25, 0.3) is 0 Å². The lowest BCUT2D eigenvalue weighted by molar-refractivity contribution is -0.224. The molecule has 0 amide bonds. The quantitative estimate of drug-likeness (QED) is 0.0574. The molecule has 0 aromatic heterocycles. The Balaban J connectivity index is 0.000000208. The molecule has 376 valence electrons. The number of fused-ring (bicyclic) bond motifs is 2. The number of unbranched alkanes of at least 4 members (excludes halogenated alkanes) is 2. The van der Waals surface area contributed by atoms with Crippen LogP contribution in [0.3, 0.4) is 0 Å². The molecule has 0 aliphatic carbocycles. The molecule has 0 radical (unpaired) electrons. The first-order valence-corrected chi connectivity index (χ1v) is 25.7. The van der Waals surface area contributed by atoms with Crippen LogP contribution < -0.4 is 9.47 Å². The van der Waals surface area contributed by atoms with Crippen molar-refractivity contribution in [1.29, 1.82) is 0 Å². The van der Waals surface area contributed by atoms with E-state index in [1.807, 2.05) is 19.1 Å². The van der Waals surface area contributed by atoms with Gasteiger partial charge in [0, 0.05) is 17.5 Å². The molecule has 0 spiro atoms. The summed E-state index contributed by atoms with van der Waals surface area (Å²) in [7, 11) is -6.99. The highest BCUT2D eigenvalue weighted by Gasteiger charge is 2.64. The minimum Gasteiger partial charge on any atom is -0.497 e. The molecule has 4 fully saturated rings. The van der Waals surface area contributed by atoms with Crippen LogP contribution in [-0.2, 0) is 59.3 Å². The number of hydrogen-bond donors (Lipinski definition) is 3. The van der Waals surface area contributed by atoms with Crippen LogP contribution in [-0.4, -0.2) is 112 Å². The zero-order chi connectivity index (χ0) is 50.7. The minimum atomic E-state index is -4.48. The van der Waals surface area contributed by atoms with Gasteiger partial charge in [0.1, 0.15) is 23.7 Å². The Morgan fingerprint density at radius 3 is 1.70 bits per heavy atom. The number of hydrogen-bond acceptors (Lipinski definition) is 15. The lowest BCUT2D eigenvalue weighted by Crippen LogP contribution is -2.49. The second-order valence-electron chi connectivity index (χ2n) is 18.4. The Morgan fingerprint density at radius 2 is 1.17 bits per heavy atom. The summed E-state index contributed by atoms with van der Waals surface area (Å²) in [6, 6.07) is 25.1. The number of benzene rings is 4. The van der Waals surface area contributed by atoms with Crippen LogP contribution in [0, 0.1) is 37.5 Å². The number of aryl methyl sites for hydroxylation is 2. The summed E-state index contributed by atoms with van der Waals surface area (Å²) in [5.41, 5.74) is -0.394.